The summed E-state index contributed by atoms with van der Waals surface area (Å²) in [7, 11) is 0. The summed E-state index contributed by atoms with van der Waals surface area (Å²) in [5, 5.41) is 24.6. The van der Waals surface area contributed by atoms with E-state index in [1.54, 1.807) is 0 Å². The minimum Gasteiger partial charge on any atom is -0.511 e. The SMILES string of the molecule is OC1=C(c2c(O)c(-c3ccccc3)cc3c2CCC(c2ccccc2)=C3)c2ccc(-c3ccccc3)cc2CC1c1ccccc1. The van der Waals surface area contributed by atoms with Gasteiger partial charge < -0.3 is 10.2 Å². The molecule has 6 aromatic carbocycles. The van der Waals surface area contributed by atoms with Crippen molar-refractivity contribution in [1.29, 1.82) is 0 Å². The molecule has 1 atom stereocenters. The van der Waals surface area contributed by atoms with Gasteiger partial charge in [0.05, 0.1) is 0 Å². The van der Waals surface area contributed by atoms with Crippen molar-refractivity contribution < 1.29 is 10.2 Å². The summed E-state index contributed by atoms with van der Waals surface area (Å²) in [6.07, 6.45) is 4.56. The van der Waals surface area contributed by atoms with Crippen LogP contribution in [0.5, 0.6) is 5.75 Å². The molecule has 1 unspecified atom stereocenters. The Morgan fingerprint density at radius 1 is 0.522 bits per heavy atom. The van der Waals surface area contributed by atoms with Crippen LogP contribution in [0.3, 0.4) is 0 Å². The van der Waals surface area contributed by atoms with Crippen LogP contribution < -0.4 is 0 Å². The number of hydrogen-bond acceptors (Lipinski definition) is 2. The van der Waals surface area contributed by atoms with Crippen LogP contribution in [0.2, 0.25) is 0 Å². The summed E-state index contributed by atoms with van der Waals surface area (Å²) in [6.45, 7) is 0. The van der Waals surface area contributed by atoms with E-state index < -0.39 is 0 Å². The summed E-state index contributed by atoms with van der Waals surface area (Å²) in [5.41, 5.74) is 13.3. The number of allylic oxidation sites excluding steroid dienone is 2. The number of phenols is 1. The topological polar surface area (TPSA) is 40.5 Å². The van der Waals surface area contributed by atoms with E-state index in [9.17, 15) is 10.2 Å². The normalized spacial score (nSPS) is 15.6. The molecule has 222 valence electrons. The molecule has 0 spiro atoms. The lowest BCUT2D eigenvalue weighted by Crippen LogP contribution is -2.17. The van der Waals surface area contributed by atoms with E-state index in [0.717, 1.165) is 74.0 Å². The number of phenolic OH excluding ortho intramolecular Hbond substituents is 1. The van der Waals surface area contributed by atoms with Crippen LogP contribution in [-0.4, -0.2) is 10.2 Å². The Morgan fingerprint density at radius 2 is 1.13 bits per heavy atom. The molecule has 0 aromatic heterocycles. The van der Waals surface area contributed by atoms with Gasteiger partial charge in [0.15, 0.2) is 0 Å². The Morgan fingerprint density at radius 3 is 1.80 bits per heavy atom. The molecule has 6 aromatic rings. The highest BCUT2D eigenvalue weighted by Crippen LogP contribution is 2.50. The van der Waals surface area contributed by atoms with Crippen molar-refractivity contribution in [3.63, 3.8) is 0 Å². The summed E-state index contributed by atoms with van der Waals surface area (Å²) in [6, 6.07) is 50.0. The molecular formula is C44H34O2. The van der Waals surface area contributed by atoms with Crippen molar-refractivity contribution in [2.45, 2.75) is 25.2 Å². The van der Waals surface area contributed by atoms with E-state index in [1.807, 2.05) is 60.7 Å². The number of aliphatic hydroxyl groups is 1. The molecule has 2 aliphatic rings. The van der Waals surface area contributed by atoms with Crippen LogP contribution in [0, 0.1) is 0 Å². The molecular weight excluding hydrogens is 560 g/mol. The first-order valence-electron chi connectivity index (χ1n) is 16.0. The molecule has 0 aliphatic heterocycles. The maximum absolute atomic E-state index is 12.3. The molecule has 0 bridgehead atoms. The van der Waals surface area contributed by atoms with Gasteiger partial charge in [0.2, 0.25) is 0 Å². The van der Waals surface area contributed by atoms with Crippen LogP contribution >= 0.6 is 0 Å². The third-order valence-corrected chi connectivity index (χ3v) is 9.59. The standard InChI is InChI=1S/C44H34O2/c45-43-39(31-17-9-3-10-18-31)27-35-25-33(29-13-5-1-6-14-29)21-23-37(35)41(43)42-38-24-22-34(30-15-7-2-8-16-30)26-36(38)28-40(44(42)46)32-19-11-4-12-20-32/h1-21,23,25-26,28,39,45-46H,22,24,27H2. The average Bonchev–Trinajstić information content (AvgIpc) is 3.13. The predicted molar refractivity (Wildman–Crippen MR) is 190 cm³/mol. The second-order valence-corrected chi connectivity index (χ2v) is 12.3. The minimum absolute atomic E-state index is 0.217. The van der Waals surface area contributed by atoms with E-state index in [-0.39, 0.29) is 11.7 Å². The highest BCUT2D eigenvalue weighted by Gasteiger charge is 2.34. The molecule has 0 amide bonds. The Kier molecular flexibility index (Phi) is 7.11. The van der Waals surface area contributed by atoms with Gasteiger partial charge in [-0.15, -0.1) is 0 Å². The molecule has 46 heavy (non-hydrogen) atoms. The highest BCUT2D eigenvalue weighted by atomic mass is 16.3. The molecule has 8 rings (SSSR count). The number of aliphatic hydroxyl groups excluding tert-OH is 1. The molecule has 0 fully saturated rings. The van der Waals surface area contributed by atoms with Crippen LogP contribution in [0.25, 0.3) is 39.5 Å². The quantitative estimate of drug-likeness (QED) is 0.208. The molecule has 2 N–H and O–H groups in total. The number of benzene rings is 6. The molecule has 0 saturated carbocycles. The monoisotopic (exact) mass is 594 g/mol. The van der Waals surface area contributed by atoms with E-state index in [2.05, 4.69) is 91.0 Å². The maximum atomic E-state index is 12.3. The van der Waals surface area contributed by atoms with Crippen molar-refractivity contribution in [3.05, 3.63) is 190 Å². The van der Waals surface area contributed by atoms with E-state index >= 15 is 0 Å². The van der Waals surface area contributed by atoms with Gasteiger partial charge in [0.25, 0.3) is 0 Å². The van der Waals surface area contributed by atoms with Gasteiger partial charge in [-0.25, -0.2) is 0 Å². The number of rotatable bonds is 5. The van der Waals surface area contributed by atoms with E-state index in [1.165, 1.54) is 11.1 Å². The van der Waals surface area contributed by atoms with Crippen molar-refractivity contribution >= 4 is 17.2 Å². The lowest BCUT2D eigenvalue weighted by Gasteiger charge is -2.31. The van der Waals surface area contributed by atoms with Crippen LogP contribution in [0.15, 0.2) is 151 Å². The Labute approximate surface area is 270 Å². The first-order chi connectivity index (χ1) is 22.7. The van der Waals surface area contributed by atoms with Crippen molar-refractivity contribution in [1.82, 2.24) is 0 Å². The number of hydrogen-bond donors (Lipinski definition) is 2. The minimum atomic E-state index is -0.232. The predicted octanol–water partition coefficient (Wildman–Crippen LogP) is 10.9. The Balaban J connectivity index is 1.40. The lowest BCUT2D eigenvalue weighted by molar-refractivity contribution is 0.365. The smallest absolute Gasteiger partial charge is 0.131 e. The molecule has 0 radical (unpaired) electrons. The molecule has 0 saturated heterocycles. The fraction of sp³-hybridized carbons (Fsp3) is 0.0909. The fourth-order valence-electron chi connectivity index (χ4n) is 7.31. The third-order valence-electron chi connectivity index (χ3n) is 9.59. The second-order valence-electron chi connectivity index (χ2n) is 12.3. The highest BCUT2D eigenvalue weighted by molar-refractivity contribution is 5.97. The average molecular weight is 595 g/mol. The Hall–Kier alpha value is -5.60. The van der Waals surface area contributed by atoms with Gasteiger partial charge in [-0.3, -0.25) is 0 Å². The van der Waals surface area contributed by atoms with Crippen molar-refractivity contribution in [3.8, 4) is 28.0 Å². The zero-order valence-electron chi connectivity index (χ0n) is 25.5. The van der Waals surface area contributed by atoms with Crippen molar-refractivity contribution in [2.24, 2.45) is 0 Å². The van der Waals surface area contributed by atoms with Crippen LogP contribution in [0.1, 0.15) is 51.3 Å². The third kappa shape index (κ3) is 4.93. The lowest BCUT2D eigenvalue weighted by atomic mass is 9.73. The molecule has 2 nitrogen and oxygen atoms in total. The van der Waals surface area contributed by atoms with Gasteiger partial charge in [0, 0.05) is 22.6 Å². The number of fused-ring (bicyclic) bond motifs is 2. The largest absolute Gasteiger partial charge is 0.511 e. The second kappa shape index (κ2) is 11.7. The molecule has 2 heteroatoms. The summed E-state index contributed by atoms with van der Waals surface area (Å²) in [4.78, 5) is 0. The van der Waals surface area contributed by atoms with Gasteiger partial charge >= 0.3 is 0 Å². The fourth-order valence-corrected chi connectivity index (χ4v) is 7.31. The van der Waals surface area contributed by atoms with Crippen molar-refractivity contribution in [2.75, 3.05) is 0 Å². The van der Waals surface area contributed by atoms with Gasteiger partial charge in [-0.05, 0) is 81.0 Å². The summed E-state index contributed by atoms with van der Waals surface area (Å²) in [5.74, 6) is 0.297. The maximum Gasteiger partial charge on any atom is 0.131 e. The van der Waals surface area contributed by atoms with Crippen LogP contribution in [-0.2, 0) is 12.8 Å². The Bertz CT molecular complexity index is 2110. The molecule has 0 heterocycles. The van der Waals surface area contributed by atoms with E-state index in [4.69, 9.17) is 0 Å². The summed E-state index contributed by atoms with van der Waals surface area (Å²) >= 11 is 0. The zero-order valence-corrected chi connectivity index (χ0v) is 25.5. The first kappa shape index (κ1) is 27.9. The van der Waals surface area contributed by atoms with Crippen LogP contribution in [0.4, 0.5) is 0 Å². The summed E-state index contributed by atoms with van der Waals surface area (Å²) < 4.78 is 0. The number of aromatic hydroxyl groups is 1. The van der Waals surface area contributed by atoms with E-state index in [0.29, 0.717) is 12.2 Å². The zero-order chi connectivity index (χ0) is 31.0. The van der Waals surface area contributed by atoms with Gasteiger partial charge in [-0.2, -0.15) is 0 Å². The van der Waals surface area contributed by atoms with Gasteiger partial charge in [0.1, 0.15) is 11.5 Å². The van der Waals surface area contributed by atoms with Gasteiger partial charge in [-0.1, -0.05) is 146 Å². The molecule has 2 aliphatic carbocycles. The first-order valence-corrected chi connectivity index (χ1v) is 16.0.